The highest BCUT2D eigenvalue weighted by Gasteiger charge is 2.14. The van der Waals surface area contributed by atoms with Crippen LogP contribution in [-0.2, 0) is 11.2 Å². The summed E-state index contributed by atoms with van der Waals surface area (Å²) in [5.41, 5.74) is 2.20. The van der Waals surface area contributed by atoms with E-state index < -0.39 is 12.0 Å². The first-order valence-electron chi connectivity index (χ1n) is 4.59. The summed E-state index contributed by atoms with van der Waals surface area (Å²) in [5, 5.41) is 11.6. The fraction of sp³-hybridized carbons (Fsp3) is 0.364. The predicted octanol–water partition coefficient (Wildman–Crippen LogP) is 1.21. The third-order valence-electron chi connectivity index (χ3n) is 2.17. The van der Waals surface area contributed by atoms with Gasteiger partial charge in [0.25, 0.3) is 0 Å². The Morgan fingerprint density at radius 3 is 2.79 bits per heavy atom. The van der Waals surface area contributed by atoms with Crippen LogP contribution in [0.4, 0.5) is 0 Å². The standard InChI is InChI=1S/C11H15NO2/c1-8-4-3-5-9(6-8)7-10(12-2)11(13)14/h3-6,10,12H,7H2,1-2H3,(H,13,14)/t10-/m0/s1. The molecular weight excluding hydrogens is 178 g/mol. The zero-order valence-electron chi connectivity index (χ0n) is 8.45. The average molecular weight is 193 g/mol. The molecule has 0 aliphatic heterocycles. The second-order valence-corrected chi connectivity index (χ2v) is 3.37. The summed E-state index contributed by atoms with van der Waals surface area (Å²) in [4.78, 5) is 10.8. The van der Waals surface area contributed by atoms with Crippen LogP contribution in [0.3, 0.4) is 0 Å². The first kappa shape index (κ1) is 10.7. The highest BCUT2D eigenvalue weighted by Crippen LogP contribution is 2.06. The fourth-order valence-electron chi connectivity index (χ4n) is 1.39. The van der Waals surface area contributed by atoms with Gasteiger partial charge in [-0.15, -0.1) is 0 Å². The number of hydrogen-bond donors (Lipinski definition) is 2. The molecule has 0 aliphatic rings. The normalized spacial score (nSPS) is 12.4. The molecule has 0 radical (unpaired) electrons. The molecule has 0 saturated heterocycles. The minimum atomic E-state index is -0.811. The molecule has 2 N–H and O–H groups in total. The molecule has 1 rings (SSSR count). The van der Waals surface area contributed by atoms with Gasteiger partial charge in [0.05, 0.1) is 0 Å². The van der Waals surface area contributed by atoms with Crippen molar-refractivity contribution in [2.75, 3.05) is 7.05 Å². The molecule has 0 aliphatic carbocycles. The monoisotopic (exact) mass is 193 g/mol. The first-order chi connectivity index (χ1) is 6.63. The molecule has 3 heteroatoms. The second-order valence-electron chi connectivity index (χ2n) is 3.37. The molecule has 0 bridgehead atoms. The Balaban J connectivity index is 2.72. The fourth-order valence-corrected chi connectivity index (χ4v) is 1.39. The van der Waals surface area contributed by atoms with Gasteiger partial charge in [0.1, 0.15) is 6.04 Å². The first-order valence-corrected chi connectivity index (χ1v) is 4.59. The number of rotatable bonds is 4. The van der Waals surface area contributed by atoms with Crippen molar-refractivity contribution in [3.63, 3.8) is 0 Å². The van der Waals surface area contributed by atoms with Crippen LogP contribution in [0.2, 0.25) is 0 Å². The molecule has 14 heavy (non-hydrogen) atoms. The number of nitrogens with one attached hydrogen (secondary N) is 1. The van der Waals surface area contributed by atoms with Crippen molar-refractivity contribution in [3.05, 3.63) is 35.4 Å². The van der Waals surface area contributed by atoms with E-state index in [-0.39, 0.29) is 0 Å². The Hall–Kier alpha value is -1.35. The van der Waals surface area contributed by atoms with E-state index in [0.29, 0.717) is 6.42 Å². The van der Waals surface area contributed by atoms with Crippen LogP contribution in [0, 0.1) is 6.92 Å². The molecule has 0 saturated carbocycles. The van der Waals surface area contributed by atoms with Gasteiger partial charge in [-0.2, -0.15) is 0 Å². The number of benzene rings is 1. The molecule has 1 aromatic rings. The minimum absolute atomic E-state index is 0.503. The summed E-state index contributed by atoms with van der Waals surface area (Å²) < 4.78 is 0. The molecule has 0 amide bonds. The predicted molar refractivity (Wildman–Crippen MR) is 55.4 cm³/mol. The zero-order chi connectivity index (χ0) is 10.6. The van der Waals surface area contributed by atoms with Crippen LogP contribution in [0.15, 0.2) is 24.3 Å². The Morgan fingerprint density at radius 1 is 1.57 bits per heavy atom. The van der Waals surface area contributed by atoms with Crippen LogP contribution in [0.5, 0.6) is 0 Å². The van der Waals surface area contributed by atoms with E-state index in [0.717, 1.165) is 11.1 Å². The largest absolute Gasteiger partial charge is 0.480 e. The van der Waals surface area contributed by atoms with Gasteiger partial charge in [-0.3, -0.25) is 4.79 Å². The van der Waals surface area contributed by atoms with Crippen molar-refractivity contribution < 1.29 is 9.90 Å². The van der Waals surface area contributed by atoms with E-state index in [4.69, 9.17) is 5.11 Å². The van der Waals surface area contributed by atoms with Gasteiger partial charge in [0.15, 0.2) is 0 Å². The summed E-state index contributed by atoms with van der Waals surface area (Å²) >= 11 is 0. The van der Waals surface area contributed by atoms with E-state index >= 15 is 0 Å². The number of carboxylic acids is 1. The van der Waals surface area contributed by atoms with Crippen molar-refractivity contribution in [2.24, 2.45) is 0 Å². The lowest BCUT2D eigenvalue weighted by Crippen LogP contribution is -2.35. The third kappa shape index (κ3) is 2.85. The van der Waals surface area contributed by atoms with Gasteiger partial charge in [-0.05, 0) is 26.0 Å². The quantitative estimate of drug-likeness (QED) is 0.755. The summed E-state index contributed by atoms with van der Waals surface area (Å²) in [6.07, 6.45) is 0.521. The number of carboxylic acid groups (broad SMARTS) is 1. The lowest BCUT2D eigenvalue weighted by Gasteiger charge is -2.11. The zero-order valence-corrected chi connectivity index (χ0v) is 8.45. The van der Waals surface area contributed by atoms with Crippen molar-refractivity contribution in [2.45, 2.75) is 19.4 Å². The molecule has 76 valence electrons. The van der Waals surface area contributed by atoms with E-state index in [2.05, 4.69) is 5.32 Å². The van der Waals surface area contributed by atoms with Gasteiger partial charge in [-0.25, -0.2) is 0 Å². The second kappa shape index (κ2) is 4.77. The summed E-state index contributed by atoms with van der Waals surface area (Å²) in [5.74, 6) is -0.811. The minimum Gasteiger partial charge on any atom is -0.480 e. The molecule has 0 aromatic heterocycles. The van der Waals surface area contributed by atoms with E-state index in [1.807, 2.05) is 31.2 Å². The molecular formula is C11H15NO2. The Bertz CT molecular complexity index is 323. The number of aryl methyl sites for hydroxylation is 1. The molecule has 0 spiro atoms. The average Bonchev–Trinajstić information content (AvgIpc) is 2.14. The van der Waals surface area contributed by atoms with Crippen LogP contribution in [-0.4, -0.2) is 24.2 Å². The van der Waals surface area contributed by atoms with Crippen LogP contribution < -0.4 is 5.32 Å². The van der Waals surface area contributed by atoms with E-state index in [1.54, 1.807) is 7.05 Å². The van der Waals surface area contributed by atoms with E-state index in [1.165, 1.54) is 0 Å². The lowest BCUT2D eigenvalue weighted by molar-refractivity contribution is -0.139. The Kier molecular flexibility index (Phi) is 3.65. The smallest absolute Gasteiger partial charge is 0.321 e. The topological polar surface area (TPSA) is 49.3 Å². The summed E-state index contributed by atoms with van der Waals surface area (Å²) in [7, 11) is 1.66. The van der Waals surface area contributed by atoms with Gasteiger partial charge in [0, 0.05) is 0 Å². The molecule has 3 nitrogen and oxygen atoms in total. The van der Waals surface area contributed by atoms with Crippen molar-refractivity contribution in [1.29, 1.82) is 0 Å². The maximum Gasteiger partial charge on any atom is 0.321 e. The number of aliphatic carboxylic acids is 1. The van der Waals surface area contributed by atoms with Gasteiger partial charge in [-0.1, -0.05) is 29.8 Å². The van der Waals surface area contributed by atoms with Gasteiger partial charge < -0.3 is 10.4 Å². The third-order valence-corrected chi connectivity index (χ3v) is 2.17. The van der Waals surface area contributed by atoms with E-state index in [9.17, 15) is 4.79 Å². The molecule has 0 heterocycles. The van der Waals surface area contributed by atoms with Crippen LogP contribution in [0.1, 0.15) is 11.1 Å². The Morgan fingerprint density at radius 2 is 2.29 bits per heavy atom. The molecule has 1 aromatic carbocycles. The van der Waals surface area contributed by atoms with Gasteiger partial charge in [0.2, 0.25) is 0 Å². The number of likely N-dealkylation sites (N-methyl/N-ethyl adjacent to an activating group) is 1. The molecule has 0 unspecified atom stereocenters. The Labute approximate surface area is 83.8 Å². The van der Waals surface area contributed by atoms with Crippen molar-refractivity contribution in [1.82, 2.24) is 5.32 Å². The van der Waals surface area contributed by atoms with Crippen LogP contribution >= 0.6 is 0 Å². The van der Waals surface area contributed by atoms with Crippen molar-refractivity contribution >= 4 is 5.97 Å². The SMILES string of the molecule is CN[C@@H](Cc1cccc(C)c1)C(=O)O. The molecule has 0 fully saturated rings. The number of carbonyl (C=O) groups is 1. The highest BCUT2D eigenvalue weighted by atomic mass is 16.4. The highest BCUT2D eigenvalue weighted by molar-refractivity contribution is 5.73. The van der Waals surface area contributed by atoms with Crippen LogP contribution in [0.25, 0.3) is 0 Å². The summed E-state index contributed by atoms with van der Waals surface area (Å²) in [6, 6.07) is 7.39. The summed E-state index contributed by atoms with van der Waals surface area (Å²) in [6.45, 7) is 2.00. The number of hydrogen-bond acceptors (Lipinski definition) is 2. The lowest BCUT2D eigenvalue weighted by atomic mass is 10.0. The van der Waals surface area contributed by atoms with Gasteiger partial charge >= 0.3 is 5.97 Å². The maximum atomic E-state index is 10.8. The maximum absolute atomic E-state index is 10.8. The molecule has 1 atom stereocenters. The van der Waals surface area contributed by atoms with Crippen molar-refractivity contribution in [3.8, 4) is 0 Å².